The summed E-state index contributed by atoms with van der Waals surface area (Å²) in [6.45, 7) is 4.20. The molecule has 3 N–H and O–H groups in total. The van der Waals surface area contributed by atoms with Gasteiger partial charge in [-0.1, -0.05) is 12.1 Å². The molecule has 0 spiro atoms. The van der Waals surface area contributed by atoms with E-state index in [0.717, 1.165) is 60.6 Å². The molecule has 2 aliphatic rings. The highest BCUT2D eigenvalue weighted by Crippen LogP contribution is 2.35. The molecule has 152 valence electrons. The normalized spacial score (nSPS) is 17.6. The zero-order valence-electron chi connectivity index (χ0n) is 17.0. The van der Waals surface area contributed by atoms with Crippen LogP contribution >= 0.6 is 0 Å². The van der Waals surface area contributed by atoms with E-state index in [2.05, 4.69) is 66.8 Å². The lowest BCUT2D eigenvalue weighted by Gasteiger charge is -2.29. The summed E-state index contributed by atoms with van der Waals surface area (Å²) in [6, 6.07) is 11.0. The van der Waals surface area contributed by atoms with E-state index in [9.17, 15) is 0 Å². The maximum absolute atomic E-state index is 4.67. The first-order chi connectivity index (χ1) is 14.9. The van der Waals surface area contributed by atoms with E-state index in [0.29, 0.717) is 0 Å². The lowest BCUT2D eigenvalue weighted by molar-refractivity contribution is 0.579. The van der Waals surface area contributed by atoms with Gasteiger partial charge in [0.1, 0.15) is 5.69 Å². The largest absolute Gasteiger partial charge is 0.371 e. The van der Waals surface area contributed by atoms with Crippen molar-refractivity contribution in [1.29, 1.82) is 0 Å². The molecule has 0 bridgehead atoms. The molecule has 0 amide bonds. The zero-order valence-corrected chi connectivity index (χ0v) is 17.0. The molecule has 4 aromatic rings. The maximum atomic E-state index is 4.67. The Balaban J connectivity index is 1.44. The summed E-state index contributed by atoms with van der Waals surface area (Å²) in [6.07, 6.45) is 9.05. The standard InChI is InChI=1S/C24H26N6/c1-2-11-30(12-3-1)23-6-4-5-19-17(23)13-21(27-19)24-18-14-20(16-7-9-25-10-8-16)26-15-22(18)28-29-24/h4-7,13-15,25,27H,1-3,8-12H2,(H,28,29). The highest BCUT2D eigenvalue weighted by molar-refractivity contribution is 6.00. The van der Waals surface area contributed by atoms with Crippen molar-refractivity contribution >= 4 is 33.1 Å². The second-order valence-electron chi connectivity index (χ2n) is 8.34. The van der Waals surface area contributed by atoms with Crippen LogP contribution in [0.5, 0.6) is 0 Å². The van der Waals surface area contributed by atoms with Crippen LogP contribution in [0, 0.1) is 0 Å². The van der Waals surface area contributed by atoms with Crippen molar-refractivity contribution in [3.63, 3.8) is 0 Å². The molecule has 1 aromatic carbocycles. The Hall–Kier alpha value is -3.12. The topological polar surface area (TPSA) is 72.6 Å². The number of hydrogen-bond donors (Lipinski definition) is 3. The maximum Gasteiger partial charge on any atom is 0.116 e. The van der Waals surface area contributed by atoms with Crippen LogP contribution in [0.25, 0.3) is 38.8 Å². The number of anilines is 1. The molecule has 6 rings (SSSR count). The lowest BCUT2D eigenvalue weighted by atomic mass is 10.0. The molecule has 1 fully saturated rings. The van der Waals surface area contributed by atoms with Crippen LogP contribution in [0.4, 0.5) is 5.69 Å². The van der Waals surface area contributed by atoms with Gasteiger partial charge in [0.05, 0.1) is 23.1 Å². The fourth-order valence-corrected chi connectivity index (χ4v) is 4.83. The van der Waals surface area contributed by atoms with Crippen molar-refractivity contribution in [2.75, 3.05) is 31.1 Å². The predicted molar refractivity (Wildman–Crippen MR) is 123 cm³/mol. The van der Waals surface area contributed by atoms with Gasteiger partial charge >= 0.3 is 0 Å². The molecular weight excluding hydrogens is 372 g/mol. The Morgan fingerprint density at radius 3 is 2.77 bits per heavy atom. The van der Waals surface area contributed by atoms with Crippen LogP contribution in [0.3, 0.4) is 0 Å². The van der Waals surface area contributed by atoms with E-state index >= 15 is 0 Å². The minimum absolute atomic E-state index is 0.911. The molecule has 0 atom stereocenters. The summed E-state index contributed by atoms with van der Waals surface area (Å²) in [5, 5.41) is 13.6. The zero-order chi connectivity index (χ0) is 19.9. The van der Waals surface area contributed by atoms with Crippen molar-refractivity contribution in [3.8, 4) is 11.4 Å². The minimum Gasteiger partial charge on any atom is -0.371 e. The fourth-order valence-electron chi connectivity index (χ4n) is 4.83. The number of aromatic amines is 2. The molecule has 1 saturated heterocycles. The van der Waals surface area contributed by atoms with Gasteiger partial charge in [-0.3, -0.25) is 10.1 Å². The highest BCUT2D eigenvalue weighted by Gasteiger charge is 2.18. The van der Waals surface area contributed by atoms with E-state index < -0.39 is 0 Å². The smallest absolute Gasteiger partial charge is 0.116 e. The number of aromatic nitrogens is 4. The van der Waals surface area contributed by atoms with Crippen molar-refractivity contribution in [2.24, 2.45) is 0 Å². The first-order valence-corrected chi connectivity index (χ1v) is 11.0. The molecule has 6 heteroatoms. The third-order valence-electron chi connectivity index (χ3n) is 6.43. The predicted octanol–water partition coefficient (Wildman–Crippen LogP) is 4.47. The molecule has 0 saturated carbocycles. The molecule has 2 aliphatic heterocycles. The monoisotopic (exact) mass is 398 g/mol. The summed E-state index contributed by atoms with van der Waals surface area (Å²) < 4.78 is 0. The summed E-state index contributed by atoms with van der Waals surface area (Å²) in [7, 11) is 0. The van der Waals surface area contributed by atoms with Crippen molar-refractivity contribution in [3.05, 3.63) is 48.3 Å². The van der Waals surface area contributed by atoms with E-state index in [1.807, 2.05) is 6.20 Å². The number of rotatable bonds is 3. The van der Waals surface area contributed by atoms with Gasteiger partial charge in [0, 0.05) is 41.6 Å². The second kappa shape index (κ2) is 7.29. The highest BCUT2D eigenvalue weighted by atomic mass is 15.1. The SMILES string of the molecule is C1=C(c2cc3c(-c4cc5c(N6CCCCC6)cccc5[nH]4)n[nH]c3cn2)CCNC1. The van der Waals surface area contributed by atoms with Gasteiger partial charge in [-0.15, -0.1) is 0 Å². The number of nitrogens with zero attached hydrogens (tertiary/aromatic N) is 3. The Bertz CT molecular complexity index is 1240. The number of benzene rings is 1. The molecule has 0 aliphatic carbocycles. The van der Waals surface area contributed by atoms with E-state index in [1.165, 1.54) is 41.4 Å². The first kappa shape index (κ1) is 17.7. The number of piperidine rings is 1. The summed E-state index contributed by atoms with van der Waals surface area (Å²) in [5.41, 5.74) is 7.85. The Kier molecular flexibility index (Phi) is 4.30. The van der Waals surface area contributed by atoms with Gasteiger partial charge in [-0.2, -0.15) is 5.10 Å². The lowest BCUT2D eigenvalue weighted by Crippen LogP contribution is -2.29. The van der Waals surface area contributed by atoms with Crippen LogP contribution in [-0.4, -0.2) is 46.3 Å². The second-order valence-corrected chi connectivity index (χ2v) is 8.34. The average Bonchev–Trinajstić information content (AvgIpc) is 3.43. The van der Waals surface area contributed by atoms with Crippen LogP contribution in [0.2, 0.25) is 0 Å². The molecule has 30 heavy (non-hydrogen) atoms. The Morgan fingerprint density at radius 2 is 1.90 bits per heavy atom. The summed E-state index contributed by atoms with van der Waals surface area (Å²) >= 11 is 0. The molecule has 0 unspecified atom stereocenters. The van der Waals surface area contributed by atoms with Crippen LogP contribution in [0.1, 0.15) is 31.4 Å². The van der Waals surface area contributed by atoms with E-state index in [4.69, 9.17) is 0 Å². The first-order valence-electron chi connectivity index (χ1n) is 11.0. The number of H-pyrrole nitrogens is 2. The van der Waals surface area contributed by atoms with Crippen LogP contribution < -0.4 is 10.2 Å². The molecule has 6 nitrogen and oxygen atoms in total. The minimum atomic E-state index is 0.911. The Labute approximate surface area is 175 Å². The van der Waals surface area contributed by atoms with Crippen molar-refractivity contribution < 1.29 is 0 Å². The fraction of sp³-hybridized carbons (Fsp3) is 0.333. The van der Waals surface area contributed by atoms with Crippen molar-refractivity contribution in [2.45, 2.75) is 25.7 Å². The van der Waals surface area contributed by atoms with Crippen LogP contribution in [-0.2, 0) is 0 Å². The Morgan fingerprint density at radius 1 is 0.967 bits per heavy atom. The van der Waals surface area contributed by atoms with Crippen LogP contribution in [0.15, 0.2) is 42.6 Å². The molecule has 3 aromatic heterocycles. The van der Waals surface area contributed by atoms with Gasteiger partial charge < -0.3 is 15.2 Å². The van der Waals surface area contributed by atoms with Gasteiger partial charge in [-0.05, 0) is 62.1 Å². The van der Waals surface area contributed by atoms with E-state index in [-0.39, 0.29) is 0 Å². The average molecular weight is 399 g/mol. The summed E-state index contributed by atoms with van der Waals surface area (Å²) in [5.74, 6) is 0. The molecule has 0 radical (unpaired) electrons. The number of pyridine rings is 1. The van der Waals surface area contributed by atoms with E-state index in [1.54, 1.807) is 0 Å². The number of fused-ring (bicyclic) bond motifs is 2. The number of nitrogens with one attached hydrogen (secondary N) is 3. The molecular formula is C24H26N6. The van der Waals surface area contributed by atoms with Gasteiger partial charge in [0.2, 0.25) is 0 Å². The quantitative estimate of drug-likeness (QED) is 0.476. The number of hydrogen-bond acceptors (Lipinski definition) is 4. The van der Waals surface area contributed by atoms with Gasteiger partial charge in [0.15, 0.2) is 0 Å². The molecule has 5 heterocycles. The van der Waals surface area contributed by atoms with Crippen molar-refractivity contribution in [1.82, 2.24) is 25.5 Å². The van der Waals surface area contributed by atoms with Gasteiger partial charge in [-0.25, -0.2) is 0 Å². The third-order valence-corrected chi connectivity index (χ3v) is 6.43. The third kappa shape index (κ3) is 2.99. The summed E-state index contributed by atoms with van der Waals surface area (Å²) in [4.78, 5) is 10.8. The van der Waals surface area contributed by atoms with Gasteiger partial charge in [0.25, 0.3) is 0 Å².